The Hall–Kier alpha value is 0.700. The largest absolute Gasteiger partial charge is 0.258 e. The van der Waals surface area contributed by atoms with Gasteiger partial charge in [-0.15, -0.1) is 0 Å². The first-order valence-corrected chi connectivity index (χ1v) is 13.4. The molecule has 0 radical (unpaired) electrons. The van der Waals surface area contributed by atoms with Gasteiger partial charge in [-0.3, -0.25) is 18.7 Å². The molecule has 0 aromatic carbocycles. The molecule has 2 fully saturated rings. The minimum Gasteiger partial charge on any atom is -0.258 e. The third kappa shape index (κ3) is 4.64. The van der Waals surface area contributed by atoms with Crippen LogP contribution in [-0.4, -0.2) is 67.0 Å². The molecular weight excluding hydrogens is 358 g/mol. The van der Waals surface area contributed by atoms with Crippen LogP contribution in [0.25, 0.3) is 0 Å². The van der Waals surface area contributed by atoms with Crippen molar-refractivity contribution in [2.45, 2.75) is 105 Å². The molecule has 2 aliphatic rings. The van der Waals surface area contributed by atoms with Gasteiger partial charge in [-0.2, -0.15) is 0 Å². The van der Waals surface area contributed by atoms with Crippen LogP contribution in [-0.2, 0) is 0 Å². The minimum absolute atomic E-state index is 0.212. The fourth-order valence-corrected chi connectivity index (χ4v) is 14.9. The zero-order chi connectivity index (χ0) is 20.3. The Balaban J connectivity index is 2.56. The van der Waals surface area contributed by atoms with Crippen molar-refractivity contribution in [1.82, 2.24) is 18.7 Å². The van der Waals surface area contributed by atoms with Gasteiger partial charge < -0.3 is 0 Å². The lowest BCUT2D eigenvalue weighted by Crippen LogP contribution is -2.43. The van der Waals surface area contributed by atoms with E-state index in [0.29, 0.717) is 0 Å². The van der Waals surface area contributed by atoms with E-state index in [4.69, 9.17) is 0 Å². The fourth-order valence-electron chi connectivity index (χ4n) is 3.80. The molecule has 0 aliphatic carbocycles. The van der Waals surface area contributed by atoms with Crippen molar-refractivity contribution in [2.75, 3.05) is 26.2 Å². The summed E-state index contributed by atoms with van der Waals surface area (Å²) in [6.45, 7) is 33.6. The van der Waals surface area contributed by atoms with E-state index in [-0.39, 0.29) is 38.0 Å². The summed E-state index contributed by atoms with van der Waals surface area (Å²) < 4.78 is 11.4. The summed E-state index contributed by atoms with van der Waals surface area (Å²) in [6, 6.07) is 0. The smallest absolute Gasteiger partial charge is 0.0986 e. The van der Waals surface area contributed by atoms with Gasteiger partial charge in [0.15, 0.2) is 0 Å². The van der Waals surface area contributed by atoms with Crippen molar-refractivity contribution in [3.05, 3.63) is 0 Å². The SMILES string of the molecule is CC(C)(C)N1CCN(C(C)(C)C)P1P1N(C(C)(C)C)CCN1C(C)(C)C. The van der Waals surface area contributed by atoms with Crippen LogP contribution in [0.3, 0.4) is 0 Å². The zero-order valence-electron chi connectivity index (χ0n) is 19.5. The maximum atomic E-state index is 2.85. The van der Waals surface area contributed by atoms with Crippen LogP contribution in [0.5, 0.6) is 0 Å². The van der Waals surface area contributed by atoms with E-state index >= 15 is 0 Å². The molecule has 0 bridgehead atoms. The van der Waals surface area contributed by atoms with Crippen molar-refractivity contribution in [2.24, 2.45) is 0 Å². The lowest BCUT2D eigenvalue weighted by atomic mass is 10.1. The standard InChI is InChI=1S/C20H44N4P2/c1-17(2,3)21-13-14-22(18(4,5)6)25(21)26-23(19(7,8)9)15-16-24(26)20(10,11)12/h13-16H2,1-12H3. The molecule has 0 atom stereocenters. The van der Waals surface area contributed by atoms with Gasteiger partial charge >= 0.3 is 0 Å². The first-order chi connectivity index (χ1) is 11.5. The molecule has 2 heterocycles. The molecule has 4 nitrogen and oxygen atoms in total. The van der Waals surface area contributed by atoms with Gasteiger partial charge in [0.05, 0.1) is 15.8 Å². The van der Waals surface area contributed by atoms with E-state index in [2.05, 4.69) is 102 Å². The molecule has 26 heavy (non-hydrogen) atoms. The number of hydrogen-bond acceptors (Lipinski definition) is 4. The first-order valence-electron chi connectivity index (χ1n) is 10.2. The molecule has 2 saturated heterocycles. The van der Waals surface area contributed by atoms with E-state index in [9.17, 15) is 0 Å². The summed E-state index contributed by atoms with van der Waals surface area (Å²) in [5.74, 6) is 0. The van der Waals surface area contributed by atoms with Crippen LogP contribution >= 0.6 is 15.8 Å². The van der Waals surface area contributed by atoms with Gasteiger partial charge in [0.25, 0.3) is 0 Å². The van der Waals surface area contributed by atoms with Gasteiger partial charge in [0.1, 0.15) is 0 Å². The van der Waals surface area contributed by atoms with Crippen LogP contribution in [0.2, 0.25) is 0 Å². The highest BCUT2D eigenvalue weighted by atomic mass is 32.1. The normalized spacial score (nSPS) is 24.9. The molecule has 0 saturated carbocycles. The van der Waals surface area contributed by atoms with E-state index in [1.54, 1.807) is 0 Å². The molecule has 2 aliphatic heterocycles. The van der Waals surface area contributed by atoms with Gasteiger partial charge in [-0.25, -0.2) is 0 Å². The van der Waals surface area contributed by atoms with Crippen LogP contribution in [0.15, 0.2) is 0 Å². The van der Waals surface area contributed by atoms with Gasteiger partial charge in [-0.1, -0.05) is 0 Å². The Morgan fingerprint density at radius 1 is 0.385 bits per heavy atom. The second-order valence-corrected chi connectivity index (χ2v) is 16.9. The predicted octanol–water partition coefficient (Wildman–Crippen LogP) is 5.95. The summed E-state index contributed by atoms with van der Waals surface area (Å²) in [5, 5.41) is 0. The lowest BCUT2D eigenvalue weighted by Gasteiger charge is -2.52. The molecule has 0 amide bonds. The van der Waals surface area contributed by atoms with Crippen LogP contribution in [0.4, 0.5) is 0 Å². The van der Waals surface area contributed by atoms with E-state index in [0.717, 1.165) is 0 Å². The van der Waals surface area contributed by atoms with E-state index in [1.807, 2.05) is 0 Å². The van der Waals surface area contributed by atoms with Crippen LogP contribution in [0.1, 0.15) is 83.1 Å². The maximum absolute atomic E-state index is 2.85. The monoisotopic (exact) mass is 402 g/mol. The molecule has 0 N–H and O–H groups in total. The zero-order valence-corrected chi connectivity index (χ0v) is 21.3. The average molecular weight is 403 g/mol. The number of rotatable bonds is 1. The predicted molar refractivity (Wildman–Crippen MR) is 120 cm³/mol. The van der Waals surface area contributed by atoms with E-state index in [1.165, 1.54) is 26.2 Å². The second-order valence-electron chi connectivity index (χ2n) is 11.7. The third-order valence-corrected chi connectivity index (χ3v) is 14.0. The van der Waals surface area contributed by atoms with Crippen molar-refractivity contribution in [1.29, 1.82) is 0 Å². The summed E-state index contributed by atoms with van der Waals surface area (Å²) in [7, 11) is -0.746. The molecule has 0 spiro atoms. The molecule has 154 valence electrons. The molecule has 2 rings (SSSR count). The topological polar surface area (TPSA) is 13.0 Å². The Morgan fingerprint density at radius 2 is 0.538 bits per heavy atom. The van der Waals surface area contributed by atoms with Crippen molar-refractivity contribution in [3.63, 3.8) is 0 Å². The molecular formula is C20H44N4P2. The fraction of sp³-hybridized carbons (Fsp3) is 1.00. The molecule has 6 heteroatoms. The summed E-state index contributed by atoms with van der Waals surface area (Å²) in [5.41, 5.74) is 0.848. The van der Waals surface area contributed by atoms with Gasteiger partial charge in [0.2, 0.25) is 0 Å². The Morgan fingerprint density at radius 3 is 0.654 bits per heavy atom. The van der Waals surface area contributed by atoms with Crippen molar-refractivity contribution < 1.29 is 0 Å². The molecule has 0 unspecified atom stereocenters. The molecule has 0 aromatic heterocycles. The van der Waals surface area contributed by atoms with Gasteiger partial charge in [0, 0.05) is 48.3 Å². The quantitative estimate of drug-likeness (QED) is 0.502. The van der Waals surface area contributed by atoms with Crippen LogP contribution in [0, 0.1) is 0 Å². The number of nitrogens with zero attached hydrogens (tertiary/aromatic N) is 4. The summed E-state index contributed by atoms with van der Waals surface area (Å²) in [4.78, 5) is 0. The van der Waals surface area contributed by atoms with Crippen LogP contribution < -0.4 is 0 Å². The lowest BCUT2D eigenvalue weighted by molar-refractivity contribution is 0.271. The summed E-state index contributed by atoms with van der Waals surface area (Å²) >= 11 is 0. The minimum atomic E-state index is -0.373. The number of hydrogen-bond donors (Lipinski definition) is 0. The summed E-state index contributed by atoms with van der Waals surface area (Å²) in [6.07, 6.45) is 0. The highest BCUT2D eigenvalue weighted by Crippen LogP contribution is 2.82. The average Bonchev–Trinajstić information content (AvgIpc) is 2.99. The Bertz CT molecular complexity index is 406. The second kappa shape index (κ2) is 7.19. The Labute approximate surface area is 166 Å². The highest BCUT2D eigenvalue weighted by Gasteiger charge is 2.55. The van der Waals surface area contributed by atoms with Crippen molar-refractivity contribution in [3.8, 4) is 0 Å². The first kappa shape index (κ1) is 23.0. The molecule has 0 aromatic rings. The van der Waals surface area contributed by atoms with E-state index < -0.39 is 0 Å². The van der Waals surface area contributed by atoms with Gasteiger partial charge in [-0.05, 0) is 83.1 Å². The Kier molecular flexibility index (Phi) is 6.36. The maximum Gasteiger partial charge on any atom is 0.0986 e. The van der Waals surface area contributed by atoms with Crippen molar-refractivity contribution >= 4 is 15.8 Å². The third-order valence-electron chi connectivity index (χ3n) is 5.17. The highest BCUT2D eigenvalue weighted by molar-refractivity contribution is 8.26.